The molecule has 2 heterocycles. The molecule has 0 spiro atoms. The fourth-order valence-electron chi connectivity index (χ4n) is 12.0. The van der Waals surface area contributed by atoms with E-state index in [-0.39, 0.29) is 0 Å². The highest BCUT2D eigenvalue weighted by atomic mass is 15.0. The molecule has 0 saturated heterocycles. The van der Waals surface area contributed by atoms with Crippen molar-refractivity contribution in [1.82, 2.24) is 9.13 Å². The lowest BCUT2D eigenvalue weighted by Crippen LogP contribution is -2.28. The Labute approximate surface area is 396 Å². The van der Waals surface area contributed by atoms with Crippen LogP contribution in [0, 0.1) is 5.92 Å². The van der Waals surface area contributed by atoms with Crippen LogP contribution in [0.25, 0.3) is 94.4 Å². The van der Waals surface area contributed by atoms with Crippen LogP contribution < -0.4 is 0 Å². The maximum absolute atomic E-state index is 2.52. The Morgan fingerprint density at radius 3 is 1.65 bits per heavy atom. The third-order valence-corrected chi connectivity index (χ3v) is 15.1. The van der Waals surface area contributed by atoms with E-state index in [1.54, 1.807) is 0 Å². The van der Waals surface area contributed by atoms with Gasteiger partial charge < -0.3 is 9.13 Å². The number of allylic oxidation sites excluding steroid dienone is 1. The molecule has 1 unspecified atom stereocenters. The average Bonchev–Trinajstić information content (AvgIpc) is 4.02. The highest BCUT2D eigenvalue weighted by molar-refractivity contribution is 6.14. The molecule has 320 valence electrons. The first-order chi connectivity index (χ1) is 33.6. The molecular formula is C66H46N2. The molecule has 68 heavy (non-hydrogen) atoms. The molecule has 0 radical (unpaired) electrons. The third-order valence-electron chi connectivity index (χ3n) is 15.1. The van der Waals surface area contributed by atoms with Crippen molar-refractivity contribution in [2.45, 2.75) is 18.8 Å². The number of fused-ring (bicyclic) bond motifs is 10. The highest BCUT2D eigenvalue weighted by Gasteiger charge is 2.46. The molecule has 10 aromatic carbocycles. The largest absolute Gasteiger partial charge is 0.309 e. The molecule has 2 aliphatic carbocycles. The number of hydrogen-bond donors (Lipinski definition) is 0. The number of para-hydroxylation sites is 1. The van der Waals surface area contributed by atoms with Crippen molar-refractivity contribution in [3.05, 3.63) is 270 Å². The standard InChI is InChI=1S/C66H46N2/c1-43-25-26-47-38-53(34-29-46(47)37-43)68-62-24-14-12-22-55(62)57-39-48(30-35-63(57)68)49-31-36-64-58(40-49)59-41-56-54-21-11-13-23-60(54)66(50-17-7-3-8-18-50,51-19-9-4-10-20-51)61(56)42-65(59)67(64)52-32-27-45(28-33-52)44-15-5-2-6-16-44/h2-36,38-43H,37H2,1H3. The van der Waals surface area contributed by atoms with E-state index in [4.69, 9.17) is 0 Å². The summed E-state index contributed by atoms with van der Waals surface area (Å²) in [5.74, 6) is 0.568. The van der Waals surface area contributed by atoms with Crippen LogP contribution in [0.15, 0.2) is 237 Å². The van der Waals surface area contributed by atoms with Crippen molar-refractivity contribution in [3.63, 3.8) is 0 Å². The van der Waals surface area contributed by atoms with Crippen LogP contribution >= 0.6 is 0 Å². The van der Waals surface area contributed by atoms with Gasteiger partial charge in [0.1, 0.15) is 0 Å². The van der Waals surface area contributed by atoms with Gasteiger partial charge in [-0.15, -0.1) is 0 Å². The van der Waals surface area contributed by atoms with E-state index in [2.05, 4.69) is 259 Å². The van der Waals surface area contributed by atoms with Crippen molar-refractivity contribution in [1.29, 1.82) is 0 Å². The smallest absolute Gasteiger partial charge is 0.0714 e. The second-order valence-corrected chi connectivity index (χ2v) is 18.9. The molecule has 2 aliphatic rings. The van der Waals surface area contributed by atoms with Gasteiger partial charge in [-0.2, -0.15) is 0 Å². The summed E-state index contributed by atoms with van der Waals surface area (Å²) in [6.07, 6.45) is 5.74. The van der Waals surface area contributed by atoms with Crippen LogP contribution in [0.4, 0.5) is 0 Å². The Morgan fingerprint density at radius 1 is 0.382 bits per heavy atom. The van der Waals surface area contributed by atoms with Gasteiger partial charge in [0, 0.05) is 32.9 Å². The zero-order valence-electron chi connectivity index (χ0n) is 37.8. The van der Waals surface area contributed by atoms with Crippen LogP contribution in [-0.4, -0.2) is 9.13 Å². The van der Waals surface area contributed by atoms with Gasteiger partial charge in [-0.3, -0.25) is 0 Å². The molecule has 0 fully saturated rings. The Hall–Kier alpha value is -8.46. The number of rotatable bonds is 6. The predicted molar refractivity (Wildman–Crippen MR) is 285 cm³/mol. The third kappa shape index (κ3) is 5.71. The summed E-state index contributed by atoms with van der Waals surface area (Å²) >= 11 is 0. The molecule has 2 heteroatoms. The second-order valence-electron chi connectivity index (χ2n) is 18.9. The van der Waals surface area contributed by atoms with Crippen molar-refractivity contribution in [2.24, 2.45) is 5.92 Å². The maximum atomic E-state index is 2.52. The van der Waals surface area contributed by atoms with Gasteiger partial charge >= 0.3 is 0 Å². The van der Waals surface area contributed by atoms with Crippen molar-refractivity contribution in [2.75, 3.05) is 0 Å². The average molecular weight is 867 g/mol. The molecule has 0 N–H and O–H groups in total. The molecule has 1 atom stereocenters. The molecular weight excluding hydrogens is 821 g/mol. The quantitative estimate of drug-likeness (QED) is 0.158. The van der Waals surface area contributed by atoms with Crippen molar-refractivity contribution in [3.8, 4) is 44.8 Å². The first-order valence-electron chi connectivity index (χ1n) is 24.0. The Kier molecular flexibility index (Phi) is 8.57. The van der Waals surface area contributed by atoms with Crippen LogP contribution in [0.5, 0.6) is 0 Å². The van der Waals surface area contributed by atoms with E-state index in [9.17, 15) is 0 Å². The summed E-state index contributed by atoms with van der Waals surface area (Å²) in [6.45, 7) is 2.30. The lowest BCUT2D eigenvalue weighted by Gasteiger charge is -2.34. The molecule has 12 aromatic rings. The van der Waals surface area contributed by atoms with E-state index >= 15 is 0 Å². The van der Waals surface area contributed by atoms with E-state index in [1.165, 1.54) is 116 Å². The molecule has 0 saturated carbocycles. The lowest BCUT2D eigenvalue weighted by atomic mass is 9.67. The van der Waals surface area contributed by atoms with Crippen LogP contribution in [0.3, 0.4) is 0 Å². The summed E-state index contributed by atoms with van der Waals surface area (Å²) in [5, 5.41) is 5.00. The molecule has 2 aromatic heterocycles. The van der Waals surface area contributed by atoms with E-state index in [0.29, 0.717) is 5.92 Å². The monoisotopic (exact) mass is 866 g/mol. The van der Waals surface area contributed by atoms with Gasteiger partial charge in [0.25, 0.3) is 0 Å². The van der Waals surface area contributed by atoms with Gasteiger partial charge in [0.15, 0.2) is 0 Å². The Bertz CT molecular complexity index is 3940. The van der Waals surface area contributed by atoms with Crippen molar-refractivity contribution >= 4 is 49.7 Å². The zero-order chi connectivity index (χ0) is 44.9. The van der Waals surface area contributed by atoms with Gasteiger partial charge in [0.05, 0.1) is 27.5 Å². The van der Waals surface area contributed by atoms with Crippen LogP contribution in [0.1, 0.15) is 40.3 Å². The topological polar surface area (TPSA) is 9.86 Å². The summed E-state index contributed by atoms with van der Waals surface area (Å²) in [7, 11) is 0. The maximum Gasteiger partial charge on any atom is 0.0714 e. The zero-order valence-corrected chi connectivity index (χ0v) is 37.8. The highest BCUT2D eigenvalue weighted by Crippen LogP contribution is 2.57. The summed E-state index contributed by atoms with van der Waals surface area (Å²) in [5.41, 5.74) is 22.0. The number of hydrogen-bond acceptors (Lipinski definition) is 0. The summed E-state index contributed by atoms with van der Waals surface area (Å²) in [6, 6.07) is 86.2. The SMILES string of the molecule is CC1C=Cc2cc(-n3c4ccccc4c4cc(-c5ccc6c(c5)c5cc7c(cc5n6-c5ccc(-c6ccccc6)cc5)C(c5ccccc5)(c5ccccc5)c5ccccc5-7)ccc43)ccc2C1. The van der Waals surface area contributed by atoms with Crippen molar-refractivity contribution < 1.29 is 0 Å². The summed E-state index contributed by atoms with van der Waals surface area (Å²) < 4.78 is 4.95. The van der Waals surface area contributed by atoms with Gasteiger partial charge in [-0.1, -0.05) is 183 Å². The molecule has 14 rings (SSSR count). The second kappa shape index (κ2) is 15.0. The van der Waals surface area contributed by atoms with E-state index in [0.717, 1.165) is 12.1 Å². The lowest BCUT2D eigenvalue weighted by molar-refractivity contribution is 0.717. The minimum absolute atomic E-state index is 0.505. The molecule has 0 bridgehead atoms. The first-order valence-corrected chi connectivity index (χ1v) is 24.0. The first kappa shape index (κ1) is 38.8. The minimum atomic E-state index is -0.505. The fourth-order valence-corrected chi connectivity index (χ4v) is 12.0. The fraction of sp³-hybridized carbons (Fsp3) is 0.0606. The van der Waals surface area contributed by atoms with Crippen LogP contribution in [-0.2, 0) is 11.8 Å². The Balaban J connectivity index is 1.00. The van der Waals surface area contributed by atoms with Gasteiger partial charge in [0.2, 0.25) is 0 Å². The number of aromatic nitrogens is 2. The number of benzene rings is 10. The normalized spacial score (nSPS) is 14.7. The van der Waals surface area contributed by atoms with E-state index < -0.39 is 5.41 Å². The van der Waals surface area contributed by atoms with Gasteiger partial charge in [-0.05, 0) is 146 Å². The van der Waals surface area contributed by atoms with Crippen LogP contribution in [0.2, 0.25) is 0 Å². The molecule has 0 amide bonds. The predicted octanol–water partition coefficient (Wildman–Crippen LogP) is 16.8. The molecule has 0 aliphatic heterocycles. The number of nitrogens with zero attached hydrogens (tertiary/aromatic N) is 2. The minimum Gasteiger partial charge on any atom is -0.309 e. The summed E-state index contributed by atoms with van der Waals surface area (Å²) in [4.78, 5) is 0. The molecule has 2 nitrogen and oxygen atoms in total. The van der Waals surface area contributed by atoms with Gasteiger partial charge in [-0.25, -0.2) is 0 Å². The van der Waals surface area contributed by atoms with E-state index in [1.807, 2.05) is 0 Å². The Morgan fingerprint density at radius 2 is 0.926 bits per heavy atom.